The fraction of sp³-hybridized carbons (Fsp3) is 0.286. The van der Waals surface area contributed by atoms with Crippen molar-refractivity contribution in [3.8, 4) is 0 Å². The molecular weight excluding hydrogens is 290 g/mol. The third kappa shape index (κ3) is 3.62. The van der Waals surface area contributed by atoms with Gasteiger partial charge in [0.25, 0.3) is 0 Å². The van der Waals surface area contributed by atoms with E-state index in [9.17, 15) is 0 Å². The van der Waals surface area contributed by atoms with Gasteiger partial charge < -0.3 is 5.32 Å². The molecule has 2 heterocycles. The van der Waals surface area contributed by atoms with E-state index in [1.54, 1.807) is 12.4 Å². The van der Waals surface area contributed by atoms with Crippen LogP contribution in [0.25, 0.3) is 0 Å². The van der Waals surface area contributed by atoms with Gasteiger partial charge in [0, 0.05) is 35.3 Å². The molecule has 2 rings (SSSR count). The van der Waals surface area contributed by atoms with Gasteiger partial charge in [0.05, 0.1) is 0 Å². The Kier molecular flexibility index (Phi) is 4.84. The molecule has 0 saturated carbocycles. The molecule has 0 aliphatic rings. The standard InChI is InChI=1S/C14H16BrN3/c1-2-18-14(12-4-3-5-16-9-12)7-11-6-13(15)10-17-8-11/h3-6,8-10,14,18H,2,7H2,1H3. The molecule has 0 aliphatic heterocycles. The molecule has 1 unspecified atom stereocenters. The molecule has 0 radical (unpaired) electrons. The van der Waals surface area contributed by atoms with Crippen molar-refractivity contribution in [2.45, 2.75) is 19.4 Å². The van der Waals surface area contributed by atoms with Gasteiger partial charge in [-0.3, -0.25) is 9.97 Å². The summed E-state index contributed by atoms with van der Waals surface area (Å²) in [7, 11) is 0. The predicted octanol–water partition coefficient (Wildman–Crippen LogP) is 3.13. The van der Waals surface area contributed by atoms with Gasteiger partial charge >= 0.3 is 0 Å². The Bertz CT molecular complexity index is 487. The highest BCUT2D eigenvalue weighted by molar-refractivity contribution is 9.10. The van der Waals surface area contributed by atoms with Crippen LogP contribution in [0.4, 0.5) is 0 Å². The summed E-state index contributed by atoms with van der Waals surface area (Å²) in [4.78, 5) is 8.38. The summed E-state index contributed by atoms with van der Waals surface area (Å²) in [6.07, 6.45) is 8.33. The number of likely N-dealkylation sites (N-methyl/N-ethyl adjacent to an activating group) is 1. The minimum atomic E-state index is 0.278. The van der Waals surface area contributed by atoms with Crippen molar-refractivity contribution < 1.29 is 0 Å². The highest BCUT2D eigenvalue weighted by Crippen LogP contribution is 2.19. The maximum atomic E-state index is 4.20. The molecule has 1 atom stereocenters. The van der Waals surface area contributed by atoms with Crippen LogP contribution in [-0.2, 0) is 6.42 Å². The topological polar surface area (TPSA) is 37.8 Å². The van der Waals surface area contributed by atoms with Crippen molar-refractivity contribution in [3.05, 3.63) is 58.6 Å². The number of rotatable bonds is 5. The van der Waals surface area contributed by atoms with Gasteiger partial charge in [0.1, 0.15) is 0 Å². The molecule has 4 heteroatoms. The number of hydrogen-bond acceptors (Lipinski definition) is 3. The first kappa shape index (κ1) is 13.2. The average molecular weight is 306 g/mol. The summed E-state index contributed by atoms with van der Waals surface area (Å²) in [5.74, 6) is 0. The van der Waals surface area contributed by atoms with Crippen molar-refractivity contribution in [3.63, 3.8) is 0 Å². The second-order valence-electron chi connectivity index (χ2n) is 4.11. The molecule has 3 nitrogen and oxygen atoms in total. The van der Waals surface area contributed by atoms with Crippen LogP contribution in [-0.4, -0.2) is 16.5 Å². The molecule has 2 aromatic heterocycles. The number of nitrogens with one attached hydrogen (secondary N) is 1. The SMILES string of the molecule is CCNC(Cc1cncc(Br)c1)c1cccnc1. The molecule has 0 saturated heterocycles. The molecule has 0 spiro atoms. The van der Waals surface area contributed by atoms with Crippen molar-refractivity contribution in [1.29, 1.82) is 0 Å². The van der Waals surface area contributed by atoms with Crippen LogP contribution in [0.5, 0.6) is 0 Å². The number of pyridine rings is 2. The molecule has 1 N–H and O–H groups in total. The zero-order chi connectivity index (χ0) is 12.8. The van der Waals surface area contributed by atoms with Crippen molar-refractivity contribution in [2.75, 3.05) is 6.54 Å². The number of hydrogen-bond donors (Lipinski definition) is 1. The predicted molar refractivity (Wildman–Crippen MR) is 76.3 cm³/mol. The minimum absolute atomic E-state index is 0.278. The van der Waals surface area contributed by atoms with E-state index in [4.69, 9.17) is 0 Å². The number of aromatic nitrogens is 2. The third-order valence-electron chi connectivity index (χ3n) is 2.74. The zero-order valence-electron chi connectivity index (χ0n) is 10.3. The van der Waals surface area contributed by atoms with Gasteiger partial charge in [-0.15, -0.1) is 0 Å². The average Bonchev–Trinajstić information content (AvgIpc) is 2.39. The number of halogens is 1. The molecule has 2 aromatic rings. The largest absolute Gasteiger partial charge is 0.310 e. The van der Waals surface area contributed by atoms with Crippen LogP contribution in [0.2, 0.25) is 0 Å². The maximum Gasteiger partial charge on any atom is 0.0410 e. The molecule has 0 aromatic carbocycles. The smallest absolute Gasteiger partial charge is 0.0410 e. The lowest BCUT2D eigenvalue weighted by Gasteiger charge is -2.18. The Labute approximate surface area is 116 Å². The van der Waals surface area contributed by atoms with Crippen LogP contribution in [0.15, 0.2) is 47.5 Å². The molecule has 0 fully saturated rings. The van der Waals surface area contributed by atoms with Crippen LogP contribution in [0.1, 0.15) is 24.1 Å². The lowest BCUT2D eigenvalue weighted by Crippen LogP contribution is -2.23. The summed E-state index contributed by atoms with van der Waals surface area (Å²) in [6, 6.07) is 6.46. The van der Waals surface area contributed by atoms with Gasteiger partial charge in [0.15, 0.2) is 0 Å². The summed E-state index contributed by atoms with van der Waals surface area (Å²) < 4.78 is 1.02. The van der Waals surface area contributed by atoms with Crippen LogP contribution < -0.4 is 5.32 Å². The van der Waals surface area contributed by atoms with E-state index in [0.717, 1.165) is 17.4 Å². The van der Waals surface area contributed by atoms with Gasteiger partial charge in [-0.05, 0) is 52.2 Å². The minimum Gasteiger partial charge on any atom is -0.310 e. The highest BCUT2D eigenvalue weighted by atomic mass is 79.9. The van der Waals surface area contributed by atoms with E-state index >= 15 is 0 Å². The molecule has 94 valence electrons. The normalized spacial score (nSPS) is 12.3. The quantitative estimate of drug-likeness (QED) is 0.922. The Morgan fingerprint density at radius 2 is 2.17 bits per heavy atom. The summed E-state index contributed by atoms with van der Waals surface area (Å²) in [5, 5.41) is 3.48. The van der Waals surface area contributed by atoms with Gasteiger partial charge in [0.2, 0.25) is 0 Å². The Morgan fingerprint density at radius 1 is 1.28 bits per heavy atom. The first-order chi connectivity index (χ1) is 8.79. The fourth-order valence-electron chi connectivity index (χ4n) is 1.94. The van der Waals surface area contributed by atoms with E-state index in [1.165, 1.54) is 11.1 Å². The summed E-state index contributed by atoms with van der Waals surface area (Å²) >= 11 is 3.45. The van der Waals surface area contributed by atoms with Crippen LogP contribution in [0, 0.1) is 0 Å². The lowest BCUT2D eigenvalue weighted by atomic mass is 10.0. The Morgan fingerprint density at radius 3 is 2.83 bits per heavy atom. The summed E-state index contributed by atoms with van der Waals surface area (Å²) in [6.45, 7) is 3.05. The number of nitrogens with zero attached hydrogens (tertiary/aromatic N) is 2. The van der Waals surface area contributed by atoms with Crippen LogP contribution in [0.3, 0.4) is 0 Å². The highest BCUT2D eigenvalue weighted by Gasteiger charge is 2.11. The Balaban J connectivity index is 2.16. The van der Waals surface area contributed by atoms with Crippen molar-refractivity contribution in [2.24, 2.45) is 0 Å². The van der Waals surface area contributed by atoms with Gasteiger partial charge in [-0.2, -0.15) is 0 Å². The molecule has 0 aliphatic carbocycles. The molecule has 0 amide bonds. The monoisotopic (exact) mass is 305 g/mol. The fourth-order valence-corrected chi connectivity index (χ4v) is 2.35. The molecule has 18 heavy (non-hydrogen) atoms. The first-order valence-corrected chi connectivity index (χ1v) is 6.81. The van der Waals surface area contributed by atoms with E-state index in [-0.39, 0.29) is 6.04 Å². The van der Waals surface area contributed by atoms with Crippen molar-refractivity contribution >= 4 is 15.9 Å². The van der Waals surface area contributed by atoms with Crippen molar-refractivity contribution in [1.82, 2.24) is 15.3 Å². The van der Waals surface area contributed by atoms with E-state index in [2.05, 4.69) is 50.3 Å². The first-order valence-electron chi connectivity index (χ1n) is 6.02. The zero-order valence-corrected chi connectivity index (χ0v) is 11.9. The maximum absolute atomic E-state index is 4.20. The summed E-state index contributed by atoms with van der Waals surface area (Å²) in [5.41, 5.74) is 2.42. The van der Waals surface area contributed by atoms with Crippen LogP contribution >= 0.6 is 15.9 Å². The second kappa shape index (κ2) is 6.61. The second-order valence-corrected chi connectivity index (χ2v) is 5.03. The Hall–Kier alpha value is -1.26. The van der Waals surface area contributed by atoms with E-state index < -0.39 is 0 Å². The molecular formula is C14H16BrN3. The third-order valence-corrected chi connectivity index (χ3v) is 3.17. The molecule has 0 bridgehead atoms. The van der Waals surface area contributed by atoms with E-state index in [1.807, 2.05) is 18.5 Å². The van der Waals surface area contributed by atoms with Gasteiger partial charge in [-0.25, -0.2) is 0 Å². The van der Waals surface area contributed by atoms with E-state index in [0.29, 0.717) is 0 Å². The van der Waals surface area contributed by atoms with Gasteiger partial charge in [-0.1, -0.05) is 13.0 Å². The lowest BCUT2D eigenvalue weighted by molar-refractivity contribution is 0.547.